The number of carbonyl (C=O) groups excluding carboxylic acids is 1. The highest BCUT2D eigenvalue weighted by Crippen LogP contribution is 2.20. The van der Waals surface area contributed by atoms with Crippen molar-refractivity contribution < 1.29 is 14.3 Å². The van der Waals surface area contributed by atoms with Crippen molar-refractivity contribution >= 4 is 23.2 Å². The molecule has 0 radical (unpaired) electrons. The molecule has 5 nitrogen and oxygen atoms in total. The fraction of sp³-hybridized carbons (Fsp3) is 0.316. The first-order chi connectivity index (χ1) is 12.1. The van der Waals surface area contributed by atoms with Gasteiger partial charge in [0.1, 0.15) is 18.1 Å². The molecule has 2 aromatic rings. The summed E-state index contributed by atoms with van der Waals surface area (Å²) < 4.78 is 10.7. The minimum Gasteiger partial charge on any atom is -0.497 e. The second kappa shape index (κ2) is 9.91. The Kier molecular flexibility index (Phi) is 7.57. The van der Waals surface area contributed by atoms with E-state index < -0.39 is 0 Å². The highest BCUT2D eigenvalue weighted by molar-refractivity contribution is 6.31. The lowest BCUT2D eigenvalue weighted by molar-refractivity contribution is -0.116. The number of benzene rings is 2. The van der Waals surface area contributed by atoms with Crippen molar-refractivity contribution in [2.24, 2.45) is 0 Å². The maximum atomic E-state index is 11.9. The van der Waals surface area contributed by atoms with Crippen LogP contribution in [-0.4, -0.2) is 32.7 Å². The number of aryl methyl sites for hydroxylation is 1. The lowest BCUT2D eigenvalue weighted by atomic mass is 10.2. The molecule has 0 aliphatic heterocycles. The van der Waals surface area contributed by atoms with Crippen LogP contribution in [0, 0.1) is 6.92 Å². The van der Waals surface area contributed by atoms with E-state index in [9.17, 15) is 4.79 Å². The molecule has 0 spiro atoms. The number of carbonyl (C=O) groups is 1. The molecule has 0 saturated heterocycles. The van der Waals surface area contributed by atoms with Gasteiger partial charge in [-0.2, -0.15) is 0 Å². The van der Waals surface area contributed by atoms with Gasteiger partial charge in [0.15, 0.2) is 0 Å². The maximum Gasteiger partial charge on any atom is 0.225 e. The Morgan fingerprint density at radius 1 is 1.08 bits per heavy atom. The summed E-state index contributed by atoms with van der Waals surface area (Å²) in [5.74, 6) is 1.53. The van der Waals surface area contributed by atoms with Gasteiger partial charge in [0, 0.05) is 30.2 Å². The third-order valence-corrected chi connectivity index (χ3v) is 4.00. The molecule has 25 heavy (non-hydrogen) atoms. The number of rotatable bonds is 9. The van der Waals surface area contributed by atoms with Gasteiger partial charge in [-0.3, -0.25) is 4.79 Å². The summed E-state index contributed by atoms with van der Waals surface area (Å²) in [6, 6.07) is 12.9. The summed E-state index contributed by atoms with van der Waals surface area (Å²) in [5, 5.41) is 6.65. The Labute approximate surface area is 153 Å². The number of nitrogens with one attached hydrogen (secondary N) is 2. The molecule has 0 aliphatic carbocycles. The van der Waals surface area contributed by atoms with Crippen molar-refractivity contribution in [2.45, 2.75) is 13.3 Å². The number of hydrogen-bond donors (Lipinski definition) is 2. The molecule has 2 rings (SSSR count). The van der Waals surface area contributed by atoms with Crippen molar-refractivity contribution in [3.05, 3.63) is 53.1 Å². The van der Waals surface area contributed by atoms with Crippen LogP contribution in [0.1, 0.15) is 12.0 Å². The van der Waals surface area contributed by atoms with Gasteiger partial charge in [-0.25, -0.2) is 0 Å². The quantitative estimate of drug-likeness (QED) is 0.668. The van der Waals surface area contributed by atoms with Crippen LogP contribution in [0.3, 0.4) is 0 Å². The molecule has 0 saturated carbocycles. The van der Waals surface area contributed by atoms with Gasteiger partial charge < -0.3 is 20.1 Å². The van der Waals surface area contributed by atoms with Crippen LogP contribution in [-0.2, 0) is 4.79 Å². The van der Waals surface area contributed by atoms with Crippen LogP contribution in [0.4, 0.5) is 5.69 Å². The number of anilines is 1. The summed E-state index contributed by atoms with van der Waals surface area (Å²) in [7, 11) is 1.63. The van der Waals surface area contributed by atoms with E-state index in [0.29, 0.717) is 36.8 Å². The molecular formula is C19H23ClN2O3. The molecule has 0 fully saturated rings. The van der Waals surface area contributed by atoms with Gasteiger partial charge in [-0.15, -0.1) is 0 Å². The Balaban J connectivity index is 1.58. The Morgan fingerprint density at radius 3 is 2.48 bits per heavy atom. The third kappa shape index (κ3) is 6.64. The molecule has 0 atom stereocenters. The summed E-state index contributed by atoms with van der Waals surface area (Å²) in [6.45, 7) is 3.69. The van der Waals surface area contributed by atoms with Gasteiger partial charge in [0.2, 0.25) is 5.91 Å². The first kappa shape index (κ1) is 19.1. The zero-order valence-corrected chi connectivity index (χ0v) is 15.2. The van der Waals surface area contributed by atoms with Gasteiger partial charge in [0.05, 0.1) is 7.11 Å². The van der Waals surface area contributed by atoms with E-state index in [2.05, 4.69) is 10.6 Å². The van der Waals surface area contributed by atoms with E-state index in [1.54, 1.807) is 13.2 Å². The van der Waals surface area contributed by atoms with Gasteiger partial charge in [-0.1, -0.05) is 17.7 Å². The second-order valence-electron chi connectivity index (χ2n) is 5.54. The largest absolute Gasteiger partial charge is 0.497 e. The lowest BCUT2D eigenvalue weighted by Gasteiger charge is -2.09. The molecule has 0 heterocycles. The van der Waals surface area contributed by atoms with Crippen LogP contribution in [0.25, 0.3) is 0 Å². The average Bonchev–Trinajstić information content (AvgIpc) is 2.61. The van der Waals surface area contributed by atoms with Gasteiger partial charge in [0.25, 0.3) is 0 Å². The fourth-order valence-electron chi connectivity index (χ4n) is 2.13. The zero-order chi connectivity index (χ0) is 18.1. The Morgan fingerprint density at radius 2 is 1.80 bits per heavy atom. The van der Waals surface area contributed by atoms with Crippen LogP contribution in [0.15, 0.2) is 42.5 Å². The van der Waals surface area contributed by atoms with Crippen molar-refractivity contribution in [3.63, 3.8) is 0 Å². The summed E-state index contributed by atoms with van der Waals surface area (Å²) >= 11 is 6.04. The molecule has 6 heteroatoms. The average molecular weight is 363 g/mol. The van der Waals surface area contributed by atoms with E-state index in [1.165, 1.54) is 0 Å². The summed E-state index contributed by atoms with van der Waals surface area (Å²) in [4.78, 5) is 11.9. The van der Waals surface area contributed by atoms with E-state index in [1.807, 2.05) is 43.3 Å². The van der Waals surface area contributed by atoms with Crippen LogP contribution < -0.4 is 20.1 Å². The van der Waals surface area contributed by atoms with Crippen molar-refractivity contribution in [1.82, 2.24) is 5.32 Å². The monoisotopic (exact) mass is 362 g/mol. The molecule has 0 aromatic heterocycles. The molecule has 1 amide bonds. The summed E-state index contributed by atoms with van der Waals surface area (Å²) in [5.41, 5.74) is 1.70. The molecular weight excluding hydrogens is 340 g/mol. The van der Waals surface area contributed by atoms with Gasteiger partial charge >= 0.3 is 0 Å². The Bertz CT molecular complexity index is 690. The Hall–Kier alpha value is -2.24. The predicted molar refractivity (Wildman–Crippen MR) is 101 cm³/mol. The molecule has 0 bridgehead atoms. The van der Waals surface area contributed by atoms with E-state index >= 15 is 0 Å². The second-order valence-corrected chi connectivity index (χ2v) is 5.94. The normalized spacial score (nSPS) is 10.4. The van der Waals surface area contributed by atoms with E-state index in [0.717, 1.165) is 17.1 Å². The first-order valence-corrected chi connectivity index (χ1v) is 8.50. The molecule has 0 unspecified atom stereocenters. The standard InChI is InChI=1S/C19H23ClN2O3/c1-14-3-4-15(13-18(14)20)22-19(23)9-10-21-11-12-25-17-7-5-16(24-2)6-8-17/h3-8,13,21H,9-12H2,1-2H3,(H,22,23). The molecule has 0 aliphatic rings. The minimum atomic E-state index is -0.0523. The summed E-state index contributed by atoms with van der Waals surface area (Å²) in [6.07, 6.45) is 0.383. The minimum absolute atomic E-state index is 0.0523. The SMILES string of the molecule is COc1ccc(OCCNCCC(=O)Nc2ccc(C)c(Cl)c2)cc1. The highest BCUT2D eigenvalue weighted by Gasteiger charge is 2.04. The molecule has 2 aromatic carbocycles. The van der Waals surface area contributed by atoms with Gasteiger partial charge in [-0.05, 0) is 48.9 Å². The van der Waals surface area contributed by atoms with Crippen LogP contribution >= 0.6 is 11.6 Å². The lowest BCUT2D eigenvalue weighted by Crippen LogP contribution is -2.25. The fourth-order valence-corrected chi connectivity index (χ4v) is 2.31. The topological polar surface area (TPSA) is 59.6 Å². The van der Waals surface area contributed by atoms with Crippen molar-refractivity contribution in [3.8, 4) is 11.5 Å². The smallest absolute Gasteiger partial charge is 0.225 e. The highest BCUT2D eigenvalue weighted by atomic mass is 35.5. The zero-order valence-electron chi connectivity index (χ0n) is 14.5. The maximum absolute atomic E-state index is 11.9. The third-order valence-electron chi connectivity index (χ3n) is 3.59. The number of methoxy groups -OCH3 is 1. The number of halogens is 1. The molecule has 134 valence electrons. The van der Waals surface area contributed by atoms with Crippen LogP contribution in [0.2, 0.25) is 5.02 Å². The first-order valence-electron chi connectivity index (χ1n) is 8.12. The van der Waals surface area contributed by atoms with E-state index in [4.69, 9.17) is 21.1 Å². The van der Waals surface area contributed by atoms with Crippen LogP contribution in [0.5, 0.6) is 11.5 Å². The van der Waals surface area contributed by atoms with E-state index in [-0.39, 0.29) is 5.91 Å². The van der Waals surface area contributed by atoms with Crippen molar-refractivity contribution in [1.29, 1.82) is 0 Å². The number of amides is 1. The number of ether oxygens (including phenoxy) is 2. The molecule has 2 N–H and O–H groups in total. The van der Waals surface area contributed by atoms with Crippen molar-refractivity contribution in [2.75, 3.05) is 32.1 Å². The number of hydrogen-bond acceptors (Lipinski definition) is 4. The predicted octanol–water partition coefficient (Wildman–Crippen LogP) is 3.65.